The molecule has 0 saturated carbocycles. The minimum absolute atomic E-state index is 0.0424. The van der Waals surface area contributed by atoms with Crippen molar-refractivity contribution in [3.8, 4) is 0 Å². The Morgan fingerprint density at radius 2 is 2.12 bits per heavy atom. The van der Waals surface area contributed by atoms with Gasteiger partial charge in [-0.15, -0.1) is 11.8 Å². The predicted octanol–water partition coefficient (Wildman–Crippen LogP) is 1.54. The van der Waals surface area contributed by atoms with E-state index in [1.165, 1.54) is 40.9 Å². The Morgan fingerprint density at radius 1 is 1.42 bits per heavy atom. The second kappa shape index (κ2) is 6.62. The van der Waals surface area contributed by atoms with E-state index in [0.717, 1.165) is 0 Å². The molecule has 0 radical (unpaired) electrons. The average Bonchev–Trinajstić information content (AvgIpc) is 2.85. The van der Waals surface area contributed by atoms with Crippen molar-refractivity contribution in [3.05, 3.63) is 50.5 Å². The fraction of sp³-hybridized carbons (Fsp3) is 0.333. The molecule has 1 aromatic rings. The number of thioether (sulfide) groups is 1. The molecular weight excluding hydrogens is 336 g/mol. The largest absolute Gasteiger partial charge is 0.456 e. The molecule has 126 valence electrons. The maximum atomic E-state index is 12.3. The van der Waals surface area contributed by atoms with Gasteiger partial charge in [0.1, 0.15) is 12.3 Å². The SMILES string of the molecule is O=C(OCc1ccc([N+](=O)[O-])cc1)C1=C(CCO)SC2CC(=O)N12. The van der Waals surface area contributed by atoms with Gasteiger partial charge >= 0.3 is 5.97 Å². The second-order valence-electron chi connectivity index (χ2n) is 5.29. The van der Waals surface area contributed by atoms with Crippen molar-refractivity contribution < 1.29 is 24.4 Å². The molecular formula is C15H14N2O6S. The van der Waals surface area contributed by atoms with Crippen LogP contribution in [0.1, 0.15) is 18.4 Å². The Kier molecular flexibility index (Phi) is 4.54. The Hall–Kier alpha value is -2.39. The Balaban J connectivity index is 1.68. The fourth-order valence-electron chi connectivity index (χ4n) is 2.53. The van der Waals surface area contributed by atoms with E-state index in [2.05, 4.69) is 0 Å². The smallest absolute Gasteiger partial charge is 0.356 e. The van der Waals surface area contributed by atoms with Crippen molar-refractivity contribution >= 4 is 29.3 Å². The molecule has 2 heterocycles. The summed E-state index contributed by atoms with van der Waals surface area (Å²) in [6.07, 6.45) is 0.672. The number of ether oxygens (including phenoxy) is 1. The Labute approximate surface area is 141 Å². The van der Waals surface area contributed by atoms with Crippen molar-refractivity contribution in [2.24, 2.45) is 0 Å². The van der Waals surface area contributed by atoms with Crippen LogP contribution >= 0.6 is 11.8 Å². The number of nitro benzene ring substituents is 1. The van der Waals surface area contributed by atoms with Crippen LogP contribution < -0.4 is 0 Å². The van der Waals surface area contributed by atoms with Crippen LogP contribution in [0.25, 0.3) is 0 Å². The summed E-state index contributed by atoms with van der Waals surface area (Å²) in [4.78, 5) is 36.2. The fourth-order valence-corrected chi connectivity index (χ4v) is 3.91. The van der Waals surface area contributed by atoms with Crippen LogP contribution in [0.2, 0.25) is 0 Å². The van der Waals surface area contributed by atoms with Crippen LogP contribution in [-0.2, 0) is 20.9 Å². The van der Waals surface area contributed by atoms with Crippen molar-refractivity contribution in [2.75, 3.05) is 6.61 Å². The van der Waals surface area contributed by atoms with Gasteiger partial charge in [-0.25, -0.2) is 4.79 Å². The summed E-state index contributed by atoms with van der Waals surface area (Å²) >= 11 is 1.40. The first kappa shape index (κ1) is 16.5. The number of carbonyl (C=O) groups excluding carboxylic acids is 2. The maximum Gasteiger partial charge on any atom is 0.356 e. The van der Waals surface area contributed by atoms with Gasteiger partial charge in [-0.05, 0) is 17.7 Å². The van der Waals surface area contributed by atoms with Gasteiger partial charge < -0.3 is 9.84 Å². The van der Waals surface area contributed by atoms with Crippen LogP contribution in [0.15, 0.2) is 34.9 Å². The van der Waals surface area contributed by atoms with Crippen molar-refractivity contribution in [3.63, 3.8) is 0 Å². The molecule has 1 aromatic carbocycles. The first-order valence-corrected chi connectivity index (χ1v) is 8.12. The summed E-state index contributed by atoms with van der Waals surface area (Å²) in [6, 6.07) is 5.69. The van der Waals surface area contributed by atoms with Gasteiger partial charge in [0.25, 0.3) is 5.69 Å². The highest BCUT2D eigenvalue weighted by Gasteiger charge is 2.48. The standard InChI is InChI=1S/C15H14N2O6S/c18-6-5-11-14(16-12(19)7-13(16)24-11)15(20)23-8-9-1-3-10(4-2-9)17(21)22/h1-4,13,18H,5-8H2. The third-order valence-corrected chi connectivity index (χ3v) is 5.07. The molecule has 0 aromatic heterocycles. The van der Waals surface area contributed by atoms with E-state index >= 15 is 0 Å². The van der Waals surface area contributed by atoms with Gasteiger partial charge in [0.15, 0.2) is 0 Å². The molecule has 0 aliphatic carbocycles. The summed E-state index contributed by atoms with van der Waals surface area (Å²) < 4.78 is 5.23. The molecule has 24 heavy (non-hydrogen) atoms. The molecule has 3 rings (SSSR count). The molecule has 2 aliphatic rings. The van der Waals surface area contributed by atoms with E-state index in [1.54, 1.807) is 0 Å². The number of nitrogens with zero attached hydrogens (tertiary/aromatic N) is 2. The van der Waals surface area contributed by atoms with Gasteiger partial charge in [-0.2, -0.15) is 0 Å². The minimum atomic E-state index is -0.625. The monoisotopic (exact) mass is 350 g/mol. The number of amides is 1. The first-order chi connectivity index (χ1) is 11.5. The molecule has 1 saturated heterocycles. The molecule has 1 unspecified atom stereocenters. The lowest BCUT2D eigenvalue weighted by Crippen LogP contribution is -2.48. The van der Waals surface area contributed by atoms with Crippen LogP contribution in [0.5, 0.6) is 0 Å². The summed E-state index contributed by atoms with van der Waals surface area (Å²) in [6.45, 7) is -0.166. The van der Waals surface area contributed by atoms with E-state index in [0.29, 0.717) is 23.3 Å². The molecule has 2 aliphatic heterocycles. The van der Waals surface area contributed by atoms with Crippen LogP contribution in [0, 0.1) is 10.1 Å². The third kappa shape index (κ3) is 3.00. The number of aliphatic hydroxyl groups is 1. The Bertz CT molecular complexity index is 730. The zero-order valence-electron chi connectivity index (χ0n) is 12.5. The number of rotatable bonds is 6. The van der Waals surface area contributed by atoms with Crippen molar-refractivity contribution in [1.82, 2.24) is 4.90 Å². The zero-order chi connectivity index (χ0) is 17.3. The quantitative estimate of drug-likeness (QED) is 0.358. The number of aliphatic hydroxyl groups excluding tert-OH is 1. The molecule has 1 N–H and O–H groups in total. The molecule has 0 bridgehead atoms. The lowest BCUT2D eigenvalue weighted by Gasteiger charge is -2.34. The van der Waals surface area contributed by atoms with E-state index in [9.17, 15) is 19.7 Å². The highest BCUT2D eigenvalue weighted by molar-refractivity contribution is 8.04. The summed E-state index contributed by atoms with van der Waals surface area (Å²) in [5.41, 5.74) is 0.770. The molecule has 1 amide bonds. The van der Waals surface area contributed by atoms with Crippen LogP contribution in [-0.4, -0.2) is 38.8 Å². The summed E-state index contributed by atoms with van der Waals surface area (Å²) in [5, 5.41) is 19.6. The lowest BCUT2D eigenvalue weighted by molar-refractivity contribution is -0.384. The zero-order valence-corrected chi connectivity index (χ0v) is 13.3. The first-order valence-electron chi connectivity index (χ1n) is 7.24. The number of non-ortho nitro benzene ring substituents is 1. The van der Waals surface area contributed by atoms with E-state index in [-0.39, 0.29) is 35.9 Å². The topological polar surface area (TPSA) is 110 Å². The molecule has 8 nitrogen and oxygen atoms in total. The highest BCUT2D eigenvalue weighted by Crippen LogP contribution is 2.47. The summed E-state index contributed by atoms with van der Waals surface area (Å²) in [5.74, 6) is -0.762. The minimum Gasteiger partial charge on any atom is -0.456 e. The number of hydrogen-bond donors (Lipinski definition) is 1. The second-order valence-corrected chi connectivity index (χ2v) is 6.56. The molecule has 1 fully saturated rings. The predicted molar refractivity (Wildman–Crippen MR) is 84.5 cm³/mol. The number of carbonyl (C=O) groups is 2. The van der Waals surface area contributed by atoms with E-state index in [4.69, 9.17) is 9.84 Å². The highest BCUT2D eigenvalue weighted by atomic mass is 32.2. The van der Waals surface area contributed by atoms with Crippen LogP contribution in [0.3, 0.4) is 0 Å². The number of benzene rings is 1. The lowest BCUT2D eigenvalue weighted by atomic mass is 10.1. The number of esters is 1. The molecule has 0 spiro atoms. The van der Waals surface area contributed by atoms with Gasteiger partial charge in [-0.3, -0.25) is 19.8 Å². The normalized spacial score (nSPS) is 19.1. The number of nitro groups is 1. The van der Waals surface area contributed by atoms with Crippen molar-refractivity contribution in [1.29, 1.82) is 0 Å². The number of β-lactam (4-membered cyclic amide) rings is 1. The third-order valence-electron chi connectivity index (χ3n) is 3.74. The molecule has 9 heteroatoms. The number of hydrogen-bond acceptors (Lipinski definition) is 7. The van der Waals surface area contributed by atoms with Crippen molar-refractivity contribution in [2.45, 2.75) is 24.8 Å². The van der Waals surface area contributed by atoms with Gasteiger partial charge in [0.05, 0.1) is 16.7 Å². The number of fused-ring (bicyclic) bond motifs is 1. The average molecular weight is 350 g/mol. The van der Waals surface area contributed by atoms with Gasteiger partial charge in [0.2, 0.25) is 5.91 Å². The van der Waals surface area contributed by atoms with Crippen LogP contribution in [0.4, 0.5) is 5.69 Å². The van der Waals surface area contributed by atoms with Gasteiger partial charge in [-0.1, -0.05) is 0 Å². The van der Waals surface area contributed by atoms with E-state index < -0.39 is 10.9 Å². The molecule has 1 atom stereocenters. The van der Waals surface area contributed by atoms with E-state index in [1.807, 2.05) is 0 Å². The summed E-state index contributed by atoms with van der Waals surface area (Å²) in [7, 11) is 0. The maximum absolute atomic E-state index is 12.3. The Morgan fingerprint density at radius 3 is 2.71 bits per heavy atom. The van der Waals surface area contributed by atoms with Gasteiger partial charge in [0, 0.05) is 30.1 Å².